The lowest BCUT2D eigenvalue weighted by Crippen LogP contribution is -2.22. The molecule has 0 aliphatic carbocycles. The summed E-state index contributed by atoms with van der Waals surface area (Å²) in [6.45, 7) is 0.159. The Labute approximate surface area is 115 Å². The minimum absolute atomic E-state index is 0.0275. The molecule has 1 aromatic carbocycles. The average Bonchev–Trinajstić information content (AvgIpc) is 2.28. The summed E-state index contributed by atoms with van der Waals surface area (Å²) in [5, 5.41) is 3.99. The number of aromatic nitrogens is 2. The van der Waals surface area contributed by atoms with E-state index in [1.807, 2.05) is 22.6 Å². The molecule has 3 nitrogen and oxygen atoms in total. The summed E-state index contributed by atoms with van der Waals surface area (Å²) in [6, 6.07) is 5.95. The number of nitrogens with zero attached hydrogens (tertiary/aromatic N) is 2. The molecule has 0 fully saturated rings. The molecule has 0 aliphatic rings. The van der Waals surface area contributed by atoms with Gasteiger partial charge in [-0.3, -0.25) is 4.79 Å². The molecular formula is C11H7ClFIN2O. The van der Waals surface area contributed by atoms with Gasteiger partial charge in [0.05, 0.1) is 17.8 Å². The van der Waals surface area contributed by atoms with E-state index in [2.05, 4.69) is 5.10 Å². The fourth-order valence-electron chi connectivity index (χ4n) is 1.36. The quantitative estimate of drug-likeness (QED) is 0.768. The summed E-state index contributed by atoms with van der Waals surface area (Å²) in [5.74, 6) is -0.497. The highest BCUT2D eigenvalue weighted by Gasteiger charge is 2.07. The molecule has 0 aliphatic heterocycles. The Morgan fingerprint density at radius 2 is 2.24 bits per heavy atom. The standard InChI is InChI=1S/C11H7ClFIN2O/c12-11-7(2-1-3-9(11)13)6-16-10(17)4-8(14)5-15-16/h1-5H,6H2. The first-order valence-corrected chi connectivity index (χ1v) is 6.19. The zero-order valence-corrected chi connectivity index (χ0v) is 11.4. The Kier molecular flexibility index (Phi) is 3.78. The lowest BCUT2D eigenvalue weighted by atomic mass is 10.2. The summed E-state index contributed by atoms with van der Waals surface area (Å²) >= 11 is 7.81. The minimum atomic E-state index is -0.497. The van der Waals surface area contributed by atoms with Crippen LogP contribution in [0.5, 0.6) is 0 Å². The average molecular weight is 365 g/mol. The van der Waals surface area contributed by atoms with Crippen LogP contribution in [0.4, 0.5) is 4.39 Å². The predicted octanol–water partition coefficient (Wildman–Crippen LogP) is 2.69. The van der Waals surface area contributed by atoms with E-state index in [1.54, 1.807) is 18.3 Å². The zero-order chi connectivity index (χ0) is 12.4. The maximum atomic E-state index is 13.2. The van der Waals surface area contributed by atoms with Crippen LogP contribution in [0.2, 0.25) is 5.02 Å². The van der Waals surface area contributed by atoms with Gasteiger partial charge < -0.3 is 0 Å². The molecule has 0 radical (unpaired) electrons. The Morgan fingerprint density at radius 1 is 1.47 bits per heavy atom. The van der Waals surface area contributed by atoms with Crippen LogP contribution in [-0.4, -0.2) is 9.78 Å². The van der Waals surface area contributed by atoms with Gasteiger partial charge in [-0.1, -0.05) is 23.7 Å². The fourth-order valence-corrected chi connectivity index (χ4v) is 1.94. The Morgan fingerprint density at radius 3 is 2.94 bits per heavy atom. The molecule has 17 heavy (non-hydrogen) atoms. The van der Waals surface area contributed by atoms with Gasteiger partial charge in [0, 0.05) is 9.64 Å². The van der Waals surface area contributed by atoms with Gasteiger partial charge in [-0.05, 0) is 34.2 Å². The van der Waals surface area contributed by atoms with E-state index in [1.165, 1.54) is 16.8 Å². The van der Waals surface area contributed by atoms with Crippen molar-refractivity contribution in [3.63, 3.8) is 0 Å². The molecule has 0 saturated heterocycles. The third kappa shape index (κ3) is 2.84. The van der Waals surface area contributed by atoms with Crippen molar-refractivity contribution < 1.29 is 4.39 Å². The third-order valence-electron chi connectivity index (χ3n) is 2.19. The molecule has 0 spiro atoms. The van der Waals surface area contributed by atoms with Crippen molar-refractivity contribution in [3.05, 3.63) is 60.8 Å². The van der Waals surface area contributed by atoms with Crippen molar-refractivity contribution >= 4 is 34.2 Å². The van der Waals surface area contributed by atoms with Crippen LogP contribution in [0.15, 0.2) is 35.3 Å². The van der Waals surface area contributed by atoms with E-state index in [9.17, 15) is 9.18 Å². The molecule has 0 N–H and O–H groups in total. The first-order chi connectivity index (χ1) is 8.08. The second kappa shape index (κ2) is 5.14. The largest absolute Gasteiger partial charge is 0.268 e. The highest BCUT2D eigenvalue weighted by molar-refractivity contribution is 14.1. The van der Waals surface area contributed by atoms with Crippen LogP contribution in [0, 0.1) is 9.39 Å². The van der Waals surface area contributed by atoms with Gasteiger partial charge in [-0.15, -0.1) is 0 Å². The molecule has 0 unspecified atom stereocenters. The molecule has 1 heterocycles. The number of hydrogen-bond donors (Lipinski definition) is 0. The topological polar surface area (TPSA) is 34.9 Å². The number of hydrogen-bond acceptors (Lipinski definition) is 2. The molecule has 2 rings (SSSR count). The monoisotopic (exact) mass is 364 g/mol. The Bertz CT molecular complexity index is 615. The summed E-state index contributed by atoms with van der Waals surface area (Å²) in [7, 11) is 0. The summed E-state index contributed by atoms with van der Waals surface area (Å²) < 4.78 is 15.2. The molecular weight excluding hydrogens is 357 g/mol. The molecule has 0 atom stereocenters. The van der Waals surface area contributed by atoms with Crippen LogP contribution in [0.25, 0.3) is 0 Å². The molecule has 0 bridgehead atoms. The first kappa shape index (κ1) is 12.5. The maximum Gasteiger partial charge on any atom is 0.268 e. The zero-order valence-electron chi connectivity index (χ0n) is 8.53. The third-order valence-corrected chi connectivity index (χ3v) is 3.20. The van der Waals surface area contributed by atoms with Crippen LogP contribution in [0.3, 0.4) is 0 Å². The van der Waals surface area contributed by atoms with E-state index >= 15 is 0 Å². The van der Waals surface area contributed by atoms with Crippen molar-refractivity contribution in [2.24, 2.45) is 0 Å². The van der Waals surface area contributed by atoms with Crippen LogP contribution in [0.1, 0.15) is 5.56 Å². The first-order valence-electron chi connectivity index (χ1n) is 4.73. The highest BCUT2D eigenvalue weighted by atomic mass is 127. The van der Waals surface area contributed by atoms with Gasteiger partial charge in [0.15, 0.2) is 0 Å². The van der Waals surface area contributed by atoms with Crippen molar-refractivity contribution in [3.8, 4) is 0 Å². The van der Waals surface area contributed by atoms with Crippen LogP contribution in [-0.2, 0) is 6.54 Å². The van der Waals surface area contributed by atoms with Gasteiger partial charge in [-0.2, -0.15) is 5.10 Å². The van der Waals surface area contributed by atoms with E-state index in [0.717, 1.165) is 3.57 Å². The predicted molar refractivity (Wildman–Crippen MR) is 71.7 cm³/mol. The number of halogens is 3. The summed E-state index contributed by atoms with van der Waals surface area (Å²) in [4.78, 5) is 11.6. The molecule has 2 aromatic rings. The number of benzene rings is 1. The smallest absolute Gasteiger partial charge is 0.268 e. The molecule has 6 heteroatoms. The van der Waals surface area contributed by atoms with E-state index < -0.39 is 5.82 Å². The van der Waals surface area contributed by atoms with Gasteiger partial charge in [0.25, 0.3) is 5.56 Å². The van der Waals surface area contributed by atoms with Gasteiger partial charge >= 0.3 is 0 Å². The molecule has 88 valence electrons. The van der Waals surface area contributed by atoms with Gasteiger partial charge in [-0.25, -0.2) is 9.07 Å². The fraction of sp³-hybridized carbons (Fsp3) is 0.0909. The lowest BCUT2D eigenvalue weighted by molar-refractivity contribution is 0.610. The van der Waals surface area contributed by atoms with E-state index in [0.29, 0.717) is 5.56 Å². The summed E-state index contributed by atoms with van der Waals surface area (Å²) in [5.41, 5.74) is 0.291. The van der Waals surface area contributed by atoms with Crippen molar-refractivity contribution in [2.75, 3.05) is 0 Å². The normalized spacial score (nSPS) is 10.5. The Balaban J connectivity index is 2.38. The van der Waals surface area contributed by atoms with Crippen molar-refractivity contribution in [2.45, 2.75) is 6.54 Å². The Hall–Kier alpha value is -0.950. The van der Waals surface area contributed by atoms with Crippen molar-refractivity contribution in [1.82, 2.24) is 9.78 Å². The SMILES string of the molecule is O=c1cc(I)cnn1Cc1cccc(F)c1Cl. The van der Waals surface area contributed by atoms with Gasteiger partial charge in [0.1, 0.15) is 5.82 Å². The highest BCUT2D eigenvalue weighted by Crippen LogP contribution is 2.19. The van der Waals surface area contributed by atoms with Crippen molar-refractivity contribution in [1.29, 1.82) is 0 Å². The summed E-state index contributed by atoms with van der Waals surface area (Å²) in [6.07, 6.45) is 1.56. The molecule has 1 aromatic heterocycles. The van der Waals surface area contributed by atoms with Gasteiger partial charge in [0.2, 0.25) is 0 Å². The second-order valence-corrected chi connectivity index (χ2v) is 5.01. The van der Waals surface area contributed by atoms with E-state index in [4.69, 9.17) is 11.6 Å². The second-order valence-electron chi connectivity index (χ2n) is 3.38. The minimum Gasteiger partial charge on any atom is -0.268 e. The maximum absolute atomic E-state index is 13.2. The lowest BCUT2D eigenvalue weighted by Gasteiger charge is -2.06. The molecule has 0 amide bonds. The van der Waals surface area contributed by atoms with E-state index in [-0.39, 0.29) is 17.1 Å². The van der Waals surface area contributed by atoms with Crippen LogP contribution < -0.4 is 5.56 Å². The number of rotatable bonds is 2. The van der Waals surface area contributed by atoms with Crippen LogP contribution >= 0.6 is 34.2 Å². The molecule has 0 saturated carbocycles.